The standard InChI is InChI=1S/C28H26N2O2/c1-17(18-6-3-2-4-7-18)30-25-9-5-8-22-24-15-20(12-13-26(24)32-27(22)25)19-10-11-21-16-29-28(31)23(21)14-19/h2-4,6-7,10-15,17,25,30H,5,8-9,16H2,1H3,(H,29,31). The van der Waals surface area contributed by atoms with Crippen LogP contribution in [0.5, 0.6) is 0 Å². The average Bonchev–Trinajstić information content (AvgIpc) is 3.40. The maximum Gasteiger partial charge on any atom is 0.251 e. The molecule has 4 nitrogen and oxygen atoms in total. The molecule has 1 aliphatic heterocycles. The lowest BCUT2D eigenvalue weighted by Gasteiger charge is -2.26. The van der Waals surface area contributed by atoms with Crippen LogP contribution in [-0.4, -0.2) is 5.91 Å². The minimum absolute atomic E-state index is 0.0186. The minimum Gasteiger partial charge on any atom is -0.459 e. The van der Waals surface area contributed by atoms with E-state index in [2.05, 4.69) is 78.2 Å². The van der Waals surface area contributed by atoms with Crippen molar-refractivity contribution < 1.29 is 9.21 Å². The molecule has 4 aromatic rings. The van der Waals surface area contributed by atoms with Crippen LogP contribution in [-0.2, 0) is 13.0 Å². The van der Waals surface area contributed by atoms with Crippen LogP contribution in [0.4, 0.5) is 0 Å². The van der Waals surface area contributed by atoms with Gasteiger partial charge in [0.25, 0.3) is 5.91 Å². The van der Waals surface area contributed by atoms with Crippen LogP contribution in [0.1, 0.15) is 64.7 Å². The van der Waals surface area contributed by atoms with Gasteiger partial charge in [0, 0.05) is 29.1 Å². The maximum absolute atomic E-state index is 12.1. The second-order valence-corrected chi connectivity index (χ2v) is 8.95. The molecule has 1 aromatic heterocycles. The molecule has 2 heterocycles. The fourth-order valence-electron chi connectivity index (χ4n) is 5.19. The highest BCUT2D eigenvalue weighted by atomic mass is 16.3. The smallest absolute Gasteiger partial charge is 0.251 e. The van der Waals surface area contributed by atoms with Gasteiger partial charge in [0.05, 0.1) is 6.04 Å². The second-order valence-electron chi connectivity index (χ2n) is 8.95. The van der Waals surface area contributed by atoms with Gasteiger partial charge < -0.3 is 15.1 Å². The first kappa shape index (κ1) is 19.3. The quantitative estimate of drug-likeness (QED) is 0.420. The monoisotopic (exact) mass is 422 g/mol. The number of carbonyl (C=O) groups excluding carboxylic acids is 1. The Morgan fingerprint density at radius 1 is 1.03 bits per heavy atom. The molecule has 0 saturated carbocycles. The van der Waals surface area contributed by atoms with Crippen molar-refractivity contribution in [3.05, 3.63) is 94.7 Å². The zero-order valence-corrected chi connectivity index (χ0v) is 18.2. The van der Waals surface area contributed by atoms with Crippen LogP contribution in [0.3, 0.4) is 0 Å². The fraction of sp³-hybridized carbons (Fsp3) is 0.250. The van der Waals surface area contributed by atoms with Crippen molar-refractivity contribution in [2.24, 2.45) is 0 Å². The number of rotatable bonds is 4. The SMILES string of the molecule is CC(NC1CCCc2c1oc1ccc(-c3ccc4c(c3)C(=O)NC4)cc21)c1ccccc1. The van der Waals surface area contributed by atoms with Crippen LogP contribution in [0.15, 0.2) is 71.1 Å². The van der Waals surface area contributed by atoms with E-state index in [0.29, 0.717) is 6.54 Å². The number of fused-ring (bicyclic) bond motifs is 4. The van der Waals surface area contributed by atoms with E-state index < -0.39 is 0 Å². The number of benzene rings is 3. The first-order valence-electron chi connectivity index (χ1n) is 11.5. The molecule has 4 heteroatoms. The van der Waals surface area contributed by atoms with Crippen molar-refractivity contribution in [1.82, 2.24) is 10.6 Å². The van der Waals surface area contributed by atoms with E-state index in [1.165, 1.54) is 16.5 Å². The van der Waals surface area contributed by atoms with E-state index >= 15 is 0 Å². The molecule has 32 heavy (non-hydrogen) atoms. The number of furan rings is 1. The van der Waals surface area contributed by atoms with Gasteiger partial charge in [0.1, 0.15) is 11.3 Å². The van der Waals surface area contributed by atoms with Crippen molar-refractivity contribution in [3.8, 4) is 11.1 Å². The third kappa shape index (κ3) is 3.23. The minimum atomic E-state index is 0.0186. The van der Waals surface area contributed by atoms with Crippen LogP contribution >= 0.6 is 0 Å². The summed E-state index contributed by atoms with van der Waals surface area (Å²) in [5.74, 6) is 1.10. The molecule has 2 unspecified atom stereocenters. The number of nitrogens with one attached hydrogen (secondary N) is 2. The number of hydrogen-bond acceptors (Lipinski definition) is 3. The molecule has 0 saturated heterocycles. The molecule has 2 atom stereocenters. The molecule has 6 rings (SSSR count). The Morgan fingerprint density at radius 2 is 1.84 bits per heavy atom. The molecule has 2 aliphatic rings. The lowest BCUT2D eigenvalue weighted by molar-refractivity contribution is 0.0966. The molecule has 0 spiro atoms. The third-order valence-corrected chi connectivity index (χ3v) is 6.94. The Bertz CT molecular complexity index is 1320. The summed E-state index contributed by atoms with van der Waals surface area (Å²) >= 11 is 0. The predicted molar refractivity (Wildman–Crippen MR) is 126 cm³/mol. The average molecular weight is 423 g/mol. The lowest BCUT2D eigenvalue weighted by Crippen LogP contribution is -2.27. The molecular formula is C28H26N2O2. The molecule has 0 radical (unpaired) electrons. The number of amides is 1. The summed E-state index contributed by atoms with van der Waals surface area (Å²) in [4.78, 5) is 12.1. The van der Waals surface area contributed by atoms with Crippen molar-refractivity contribution in [2.75, 3.05) is 0 Å². The molecule has 0 fully saturated rings. The van der Waals surface area contributed by atoms with Crippen LogP contribution in [0, 0.1) is 0 Å². The second kappa shape index (κ2) is 7.64. The Morgan fingerprint density at radius 3 is 2.72 bits per heavy atom. The Kier molecular flexibility index (Phi) is 4.62. The Labute approximate surface area is 187 Å². The molecule has 3 aromatic carbocycles. The van der Waals surface area contributed by atoms with Gasteiger partial charge >= 0.3 is 0 Å². The summed E-state index contributed by atoms with van der Waals surface area (Å²) in [7, 11) is 0. The van der Waals surface area contributed by atoms with Crippen molar-refractivity contribution in [2.45, 2.75) is 44.8 Å². The molecule has 0 bridgehead atoms. The highest BCUT2D eigenvalue weighted by Crippen LogP contribution is 2.40. The number of aryl methyl sites for hydroxylation is 1. The lowest BCUT2D eigenvalue weighted by atomic mass is 9.90. The first-order chi connectivity index (χ1) is 15.7. The van der Waals surface area contributed by atoms with Crippen LogP contribution in [0.25, 0.3) is 22.1 Å². The van der Waals surface area contributed by atoms with Crippen LogP contribution < -0.4 is 10.6 Å². The zero-order valence-electron chi connectivity index (χ0n) is 18.2. The van der Waals surface area contributed by atoms with Gasteiger partial charge in [0.15, 0.2) is 0 Å². The summed E-state index contributed by atoms with van der Waals surface area (Å²) < 4.78 is 6.40. The van der Waals surface area contributed by atoms with E-state index in [1.54, 1.807) is 0 Å². The molecule has 1 amide bonds. The van der Waals surface area contributed by atoms with Gasteiger partial charge in [-0.3, -0.25) is 4.79 Å². The topological polar surface area (TPSA) is 54.3 Å². The van der Waals surface area contributed by atoms with Gasteiger partial charge in [-0.2, -0.15) is 0 Å². The van der Waals surface area contributed by atoms with E-state index in [0.717, 1.165) is 52.9 Å². The number of carbonyl (C=O) groups is 1. The molecular weight excluding hydrogens is 396 g/mol. The largest absolute Gasteiger partial charge is 0.459 e. The normalized spacial score (nSPS) is 18.3. The first-order valence-corrected chi connectivity index (χ1v) is 11.5. The highest BCUT2D eigenvalue weighted by Gasteiger charge is 2.28. The van der Waals surface area contributed by atoms with E-state index in [9.17, 15) is 4.79 Å². The summed E-state index contributed by atoms with van der Waals surface area (Å²) in [5, 5.41) is 7.89. The van der Waals surface area contributed by atoms with Gasteiger partial charge in [-0.05, 0) is 66.6 Å². The van der Waals surface area contributed by atoms with E-state index in [-0.39, 0.29) is 18.0 Å². The Hall–Kier alpha value is -3.37. The third-order valence-electron chi connectivity index (χ3n) is 6.94. The molecule has 1 aliphatic carbocycles. The summed E-state index contributed by atoms with van der Waals surface area (Å²) in [6, 6.07) is 23.6. The fourth-order valence-corrected chi connectivity index (χ4v) is 5.19. The summed E-state index contributed by atoms with van der Waals surface area (Å²) in [6.07, 6.45) is 3.26. The predicted octanol–water partition coefficient (Wildman–Crippen LogP) is 6.07. The van der Waals surface area contributed by atoms with Gasteiger partial charge in [-0.15, -0.1) is 0 Å². The highest BCUT2D eigenvalue weighted by molar-refractivity contribution is 5.99. The molecule has 160 valence electrons. The van der Waals surface area contributed by atoms with Gasteiger partial charge in [-0.25, -0.2) is 0 Å². The van der Waals surface area contributed by atoms with Gasteiger partial charge in [0.2, 0.25) is 0 Å². The summed E-state index contributed by atoms with van der Waals surface area (Å²) in [5.41, 5.74) is 7.61. The van der Waals surface area contributed by atoms with Crippen molar-refractivity contribution in [1.29, 1.82) is 0 Å². The molecule has 2 N–H and O–H groups in total. The van der Waals surface area contributed by atoms with E-state index in [1.807, 2.05) is 6.07 Å². The summed E-state index contributed by atoms with van der Waals surface area (Å²) in [6.45, 7) is 2.84. The van der Waals surface area contributed by atoms with Crippen LogP contribution in [0.2, 0.25) is 0 Å². The zero-order chi connectivity index (χ0) is 21.7. The maximum atomic E-state index is 12.1. The Balaban J connectivity index is 1.35. The van der Waals surface area contributed by atoms with Crippen molar-refractivity contribution in [3.63, 3.8) is 0 Å². The van der Waals surface area contributed by atoms with Gasteiger partial charge in [-0.1, -0.05) is 48.5 Å². The van der Waals surface area contributed by atoms with E-state index in [4.69, 9.17) is 4.42 Å². The van der Waals surface area contributed by atoms with Crippen molar-refractivity contribution >= 4 is 16.9 Å². The number of hydrogen-bond donors (Lipinski definition) is 2.